The molecule has 0 aliphatic carbocycles. The summed E-state index contributed by atoms with van der Waals surface area (Å²) in [6, 6.07) is 6.31. The standard InChI is InChI=1S/C12H12N2O3/c1-8-7-13(2)12(17)14(8)10-5-3-4-9(6-10)11(15)16/h3-7H,1-2H3,(H,15,16). The van der Waals surface area contributed by atoms with Gasteiger partial charge in [0.2, 0.25) is 0 Å². The molecule has 0 unspecified atom stereocenters. The highest BCUT2D eigenvalue weighted by molar-refractivity contribution is 5.88. The average Bonchev–Trinajstić information content (AvgIpc) is 2.53. The Hall–Kier alpha value is -2.30. The molecule has 2 rings (SSSR count). The van der Waals surface area contributed by atoms with Crippen LogP contribution in [0.4, 0.5) is 0 Å². The van der Waals surface area contributed by atoms with Crippen molar-refractivity contribution in [1.82, 2.24) is 9.13 Å². The predicted octanol–water partition coefficient (Wildman–Crippen LogP) is 1.18. The Morgan fingerprint density at radius 2 is 2.06 bits per heavy atom. The Labute approximate surface area is 97.5 Å². The molecule has 0 atom stereocenters. The van der Waals surface area contributed by atoms with E-state index in [2.05, 4.69) is 0 Å². The summed E-state index contributed by atoms with van der Waals surface area (Å²) < 4.78 is 2.94. The molecule has 0 bridgehead atoms. The molecule has 0 radical (unpaired) electrons. The summed E-state index contributed by atoms with van der Waals surface area (Å²) in [5.74, 6) is -1.01. The Morgan fingerprint density at radius 1 is 1.35 bits per heavy atom. The summed E-state index contributed by atoms with van der Waals surface area (Å²) in [5, 5.41) is 8.91. The van der Waals surface area contributed by atoms with E-state index in [1.807, 2.05) is 0 Å². The Bertz CT molecular complexity index is 637. The molecular weight excluding hydrogens is 220 g/mol. The van der Waals surface area contributed by atoms with E-state index in [-0.39, 0.29) is 11.3 Å². The second-order valence-electron chi connectivity index (χ2n) is 3.85. The first-order valence-electron chi connectivity index (χ1n) is 5.09. The first-order valence-corrected chi connectivity index (χ1v) is 5.09. The number of aryl methyl sites for hydroxylation is 2. The van der Waals surface area contributed by atoms with Crippen LogP contribution in [0.2, 0.25) is 0 Å². The number of nitrogens with zero attached hydrogens (tertiary/aromatic N) is 2. The van der Waals surface area contributed by atoms with E-state index < -0.39 is 5.97 Å². The van der Waals surface area contributed by atoms with Crippen LogP contribution in [0.15, 0.2) is 35.3 Å². The summed E-state index contributed by atoms with van der Waals surface area (Å²) in [7, 11) is 1.66. The SMILES string of the molecule is Cc1cn(C)c(=O)n1-c1cccc(C(=O)O)c1. The van der Waals surface area contributed by atoms with Crippen molar-refractivity contribution in [3.05, 3.63) is 52.2 Å². The first kappa shape index (κ1) is 11.2. The van der Waals surface area contributed by atoms with Gasteiger partial charge in [-0.1, -0.05) is 6.07 Å². The van der Waals surface area contributed by atoms with Crippen LogP contribution in [0, 0.1) is 6.92 Å². The molecule has 88 valence electrons. The lowest BCUT2D eigenvalue weighted by Crippen LogP contribution is -2.21. The van der Waals surface area contributed by atoms with Crippen LogP contribution in [0.25, 0.3) is 5.69 Å². The maximum atomic E-state index is 11.8. The minimum absolute atomic E-state index is 0.164. The van der Waals surface area contributed by atoms with E-state index in [0.717, 1.165) is 5.69 Å². The molecule has 0 spiro atoms. The highest BCUT2D eigenvalue weighted by Crippen LogP contribution is 2.11. The van der Waals surface area contributed by atoms with Crippen molar-refractivity contribution in [2.45, 2.75) is 6.92 Å². The van der Waals surface area contributed by atoms with Crippen molar-refractivity contribution in [2.24, 2.45) is 7.05 Å². The molecule has 0 amide bonds. The molecule has 0 saturated heterocycles. The summed E-state index contributed by atoms with van der Waals surface area (Å²) in [5.41, 5.74) is 1.30. The van der Waals surface area contributed by atoms with Crippen LogP contribution in [-0.2, 0) is 7.05 Å². The lowest BCUT2D eigenvalue weighted by molar-refractivity contribution is 0.0697. The molecule has 5 nitrogen and oxygen atoms in total. The fourth-order valence-electron chi connectivity index (χ4n) is 1.79. The van der Waals surface area contributed by atoms with Gasteiger partial charge in [-0.15, -0.1) is 0 Å². The van der Waals surface area contributed by atoms with Gasteiger partial charge in [-0.3, -0.25) is 4.57 Å². The third-order valence-electron chi connectivity index (χ3n) is 2.58. The number of imidazole rings is 1. The van der Waals surface area contributed by atoms with Gasteiger partial charge in [0.1, 0.15) is 0 Å². The van der Waals surface area contributed by atoms with Crippen molar-refractivity contribution in [1.29, 1.82) is 0 Å². The van der Waals surface area contributed by atoms with E-state index >= 15 is 0 Å². The molecule has 2 aromatic rings. The summed E-state index contributed by atoms with van der Waals surface area (Å²) in [6.07, 6.45) is 1.70. The van der Waals surface area contributed by atoms with Crippen molar-refractivity contribution >= 4 is 5.97 Å². The lowest BCUT2D eigenvalue weighted by Gasteiger charge is -2.04. The Morgan fingerprint density at radius 3 is 2.59 bits per heavy atom. The zero-order valence-electron chi connectivity index (χ0n) is 9.54. The number of carboxylic acids is 1. The van der Waals surface area contributed by atoms with Gasteiger partial charge in [-0.05, 0) is 25.1 Å². The number of benzene rings is 1. The molecule has 17 heavy (non-hydrogen) atoms. The summed E-state index contributed by atoms with van der Waals surface area (Å²) >= 11 is 0. The molecule has 0 fully saturated rings. The van der Waals surface area contributed by atoms with Crippen molar-refractivity contribution in [2.75, 3.05) is 0 Å². The second kappa shape index (κ2) is 3.93. The quantitative estimate of drug-likeness (QED) is 0.845. The van der Waals surface area contributed by atoms with E-state index in [1.54, 1.807) is 32.3 Å². The molecule has 1 aromatic carbocycles. The van der Waals surface area contributed by atoms with Crippen LogP contribution in [-0.4, -0.2) is 20.2 Å². The summed E-state index contributed by atoms with van der Waals surface area (Å²) in [6.45, 7) is 1.80. The third kappa shape index (κ3) is 1.87. The maximum Gasteiger partial charge on any atom is 0.335 e. The van der Waals surface area contributed by atoms with Crippen LogP contribution in [0.1, 0.15) is 16.1 Å². The molecule has 0 aliphatic rings. The van der Waals surface area contributed by atoms with Gasteiger partial charge < -0.3 is 9.67 Å². The number of hydrogen-bond donors (Lipinski definition) is 1. The molecular formula is C12H12N2O3. The van der Waals surface area contributed by atoms with Gasteiger partial charge in [0, 0.05) is 18.9 Å². The predicted molar refractivity (Wildman–Crippen MR) is 62.7 cm³/mol. The van der Waals surface area contributed by atoms with E-state index in [4.69, 9.17) is 5.11 Å². The van der Waals surface area contributed by atoms with Crippen LogP contribution in [0.5, 0.6) is 0 Å². The van der Waals surface area contributed by atoms with Crippen molar-refractivity contribution in [3.63, 3.8) is 0 Å². The number of carbonyl (C=O) groups is 1. The molecule has 1 N–H and O–H groups in total. The van der Waals surface area contributed by atoms with Gasteiger partial charge in [-0.25, -0.2) is 9.59 Å². The van der Waals surface area contributed by atoms with E-state index in [0.29, 0.717) is 5.69 Å². The van der Waals surface area contributed by atoms with Crippen molar-refractivity contribution in [3.8, 4) is 5.69 Å². The molecule has 5 heteroatoms. The molecule has 0 saturated carbocycles. The number of rotatable bonds is 2. The van der Waals surface area contributed by atoms with Gasteiger partial charge in [0.25, 0.3) is 0 Å². The topological polar surface area (TPSA) is 64.2 Å². The highest BCUT2D eigenvalue weighted by atomic mass is 16.4. The minimum Gasteiger partial charge on any atom is -0.478 e. The largest absolute Gasteiger partial charge is 0.478 e. The average molecular weight is 232 g/mol. The fourth-order valence-corrected chi connectivity index (χ4v) is 1.79. The first-order chi connectivity index (χ1) is 8.00. The Balaban J connectivity index is 2.65. The number of aromatic nitrogens is 2. The van der Waals surface area contributed by atoms with Crippen LogP contribution >= 0.6 is 0 Å². The zero-order valence-corrected chi connectivity index (χ0v) is 9.54. The van der Waals surface area contributed by atoms with Gasteiger partial charge in [0.15, 0.2) is 0 Å². The van der Waals surface area contributed by atoms with Gasteiger partial charge in [0.05, 0.1) is 11.3 Å². The molecule has 0 aliphatic heterocycles. The van der Waals surface area contributed by atoms with Crippen molar-refractivity contribution < 1.29 is 9.90 Å². The number of aromatic carboxylic acids is 1. The van der Waals surface area contributed by atoms with Gasteiger partial charge in [-0.2, -0.15) is 0 Å². The maximum absolute atomic E-state index is 11.8. The highest BCUT2D eigenvalue weighted by Gasteiger charge is 2.09. The lowest BCUT2D eigenvalue weighted by atomic mass is 10.2. The second-order valence-corrected chi connectivity index (χ2v) is 3.85. The Kier molecular flexibility index (Phi) is 2.59. The van der Waals surface area contributed by atoms with Gasteiger partial charge >= 0.3 is 11.7 Å². The number of hydrogen-bond acceptors (Lipinski definition) is 2. The summed E-state index contributed by atoms with van der Waals surface area (Å²) in [4.78, 5) is 22.7. The van der Waals surface area contributed by atoms with Crippen LogP contribution in [0.3, 0.4) is 0 Å². The smallest absolute Gasteiger partial charge is 0.335 e. The van der Waals surface area contributed by atoms with E-state index in [9.17, 15) is 9.59 Å². The number of carboxylic acid groups (broad SMARTS) is 1. The van der Waals surface area contributed by atoms with Crippen LogP contribution < -0.4 is 5.69 Å². The molecule has 1 aromatic heterocycles. The minimum atomic E-state index is -1.01. The monoisotopic (exact) mass is 232 g/mol. The zero-order chi connectivity index (χ0) is 12.6. The molecule has 1 heterocycles. The third-order valence-corrected chi connectivity index (χ3v) is 2.58. The fraction of sp³-hybridized carbons (Fsp3) is 0.167. The van der Waals surface area contributed by atoms with E-state index in [1.165, 1.54) is 21.3 Å². The normalized spacial score (nSPS) is 10.5.